The maximum atomic E-state index is 4.71. The zero-order valence-corrected chi connectivity index (χ0v) is 18.3. The van der Waals surface area contributed by atoms with Gasteiger partial charge in [0, 0.05) is 33.7 Å². The number of nitrogens with zero attached hydrogens (tertiary/aromatic N) is 4. The van der Waals surface area contributed by atoms with Crippen molar-refractivity contribution < 1.29 is 0 Å². The first kappa shape index (κ1) is 22.2. The topological polar surface area (TPSA) is 34.1 Å². The minimum absolute atomic E-state index is 0. The van der Waals surface area contributed by atoms with Gasteiger partial charge in [-0.15, -0.1) is 24.0 Å². The SMILES string of the molecule is CN1CCCN(CCCNC(=NCc2ccccc2)N(C)C)CC1.I. The van der Waals surface area contributed by atoms with Crippen LogP contribution in [0.15, 0.2) is 35.3 Å². The Hall–Kier alpha value is -0.860. The van der Waals surface area contributed by atoms with E-state index in [-0.39, 0.29) is 24.0 Å². The molecular formula is C19H34IN5. The van der Waals surface area contributed by atoms with E-state index in [0.717, 1.165) is 25.5 Å². The fourth-order valence-electron chi connectivity index (χ4n) is 2.93. The van der Waals surface area contributed by atoms with Gasteiger partial charge in [0.15, 0.2) is 5.96 Å². The summed E-state index contributed by atoms with van der Waals surface area (Å²) in [6.45, 7) is 7.70. The van der Waals surface area contributed by atoms with Crippen molar-refractivity contribution in [3.8, 4) is 0 Å². The Morgan fingerprint density at radius 3 is 2.60 bits per heavy atom. The second-order valence-corrected chi connectivity index (χ2v) is 6.80. The van der Waals surface area contributed by atoms with Gasteiger partial charge < -0.3 is 20.0 Å². The van der Waals surface area contributed by atoms with E-state index >= 15 is 0 Å². The van der Waals surface area contributed by atoms with Crippen molar-refractivity contribution in [3.63, 3.8) is 0 Å². The van der Waals surface area contributed by atoms with E-state index in [1.54, 1.807) is 0 Å². The van der Waals surface area contributed by atoms with Crippen molar-refractivity contribution in [2.45, 2.75) is 19.4 Å². The molecule has 0 saturated carbocycles. The highest BCUT2D eigenvalue weighted by Gasteiger charge is 2.11. The standard InChI is InChI=1S/C19H33N5.HI/c1-22(2)19(21-17-18-9-5-4-6-10-18)20-11-7-13-24-14-8-12-23(3)15-16-24;/h4-6,9-10H,7-8,11-17H2,1-3H3,(H,20,21);1H. The van der Waals surface area contributed by atoms with E-state index in [1.807, 2.05) is 20.2 Å². The Morgan fingerprint density at radius 2 is 1.88 bits per heavy atom. The highest BCUT2D eigenvalue weighted by Crippen LogP contribution is 2.02. The molecule has 0 spiro atoms. The molecule has 0 unspecified atom stereocenters. The third-order valence-corrected chi connectivity index (χ3v) is 4.42. The summed E-state index contributed by atoms with van der Waals surface area (Å²) in [5.41, 5.74) is 1.24. The van der Waals surface area contributed by atoms with Crippen LogP contribution in [-0.2, 0) is 6.54 Å². The van der Waals surface area contributed by atoms with E-state index in [2.05, 4.69) is 51.3 Å². The third kappa shape index (κ3) is 8.87. The van der Waals surface area contributed by atoms with E-state index in [4.69, 9.17) is 4.99 Å². The minimum atomic E-state index is 0. The molecule has 0 atom stereocenters. The molecule has 142 valence electrons. The van der Waals surface area contributed by atoms with Crippen molar-refractivity contribution in [3.05, 3.63) is 35.9 Å². The van der Waals surface area contributed by atoms with E-state index in [0.29, 0.717) is 0 Å². The van der Waals surface area contributed by atoms with Crippen molar-refractivity contribution >= 4 is 29.9 Å². The minimum Gasteiger partial charge on any atom is -0.356 e. The molecule has 6 heteroatoms. The smallest absolute Gasteiger partial charge is 0.193 e. The summed E-state index contributed by atoms with van der Waals surface area (Å²) in [5, 5.41) is 3.49. The average molecular weight is 459 g/mol. The van der Waals surface area contributed by atoms with Crippen molar-refractivity contribution in [1.29, 1.82) is 0 Å². The van der Waals surface area contributed by atoms with Crippen LogP contribution >= 0.6 is 24.0 Å². The van der Waals surface area contributed by atoms with Crippen LogP contribution in [0.3, 0.4) is 0 Å². The summed E-state index contributed by atoms with van der Waals surface area (Å²) in [7, 11) is 6.31. The molecule has 1 saturated heterocycles. The van der Waals surface area contributed by atoms with Gasteiger partial charge in [0.25, 0.3) is 0 Å². The van der Waals surface area contributed by atoms with Crippen LogP contribution < -0.4 is 5.32 Å². The molecule has 1 N–H and O–H groups in total. The Kier molecular flexibility index (Phi) is 11.1. The highest BCUT2D eigenvalue weighted by molar-refractivity contribution is 14.0. The molecule has 0 amide bonds. The molecule has 1 heterocycles. The molecule has 25 heavy (non-hydrogen) atoms. The summed E-state index contributed by atoms with van der Waals surface area (Å²) in [5.74, 6) is 0.967. The summed E-state index contributed by atoms with van der Waals surface area (Å²) >= 11 is 0. The third-order valence-electron chi connectivity index (χ3n) is 4.42. The number of benzene rings is 1. The molecule has 0 radical (unpaired) electrons. The molecule has 1 aliphatic heterocycles. The first-order chi connectivity index (χ1) is 11.6. The number of hydrogen-bond acceptors (Lipinski definition) is 3. The van der Waals surface area contributed by atoms with Crippen LogP contribution in [0.1, 0.15) is 18.4 Å². The molecule has 2 rings (SSSR count). The predicted octanol–water partition coefficient (Wildman–Crippen LogP) is 2.34. The maximum absolute atomic E-state index is 4.71. The number of nitrogens with one attached hydrogen (secondary N) is 1. The van der Waals surface area contributed by atoms with E-state index < -0.39 is 0 Å². The molecule has 1 fully saturated rings. The monoisotopic (exact) mass is 459 g/mol. The average Bonchev–Trinajstić information content (AvgIpc) is 2.79. The quantitative estimate of drug-likeness (QED) is 0.307. The van der Waals surface area contributed by atoms with Crippen LogP contribution in [0.25, 0.3) is 0 Å². The van der Waals surface area contributed by atoms with Gasteiger partial charge in [-0.05, 0) is 45.1 Å². The van der Waals surface area contributed by atoms with Crippen molar-refractivity contribution in [1.82, 2.24) is 20.0 Å². The molecular weight excluding hydrogens is 425 g/mol. The molecule has 0 aromatic heterocycles. The normalized spacial score (nSPS) is 16.8. The fraction of sp³-hybridized carbons (Fsp3) is 0.632. The van der Waals surface area contributed by atoms with Crippen LogP contribution in [0.2, 0.25) is 0 Å². The zero-order chi connectivity index (χ0) is 17.2. The predicted molar refractivity (Wildman–Crippen MR) is 118 cm³/mol. The summed E-state index contributed by atoms with van der Waals surface area (Å²) in [6.07, 6.45) is 2.44. The van der Waals surface area contributed by atoms with Crippen LogP contribution in [0, 0.1) is 0 Å². The molecule has 1 aromatic rings. The van der Waals surface area contributed by atoms with Gasteiger partial charge in [0.05, 0.1) is 6.54 Å². The van der Waals surface area contributed by atoms with E-state index in [1.165, 1.54) is 44.7 Å². The van der Waals surface area contributed by atoms with Crippen molar-refractivity contribution in [2.75, 3.05) is 60.4 Å². The number of rotatable bonds is 6. The van der Waals surface area contributed by atoms with Gasteiger partial charge in [-0.2, -0.15) is 0 Å². The second kappa shape index (κ2) is 12.5. The van der Waals surface area contributed by atoms with Gasteiger partial charge in [0.2, 0.25) is 0 Å². The molecule has 0 bridgehead atoms. The number of hydrogen-bond donors (Lipinski definition) is 1. The zero-order valence-electron chi connectivity index (χ0n) is 15.9. The summed E-state index contributed by atoms with van der Waals surface area (Å²) in [6, 6.07) is 10.4. The Bertz CT molecular complexity index is 492. The summed E-state index contributed by atoms with van der Waals surface area (Å²) < 4.78 is 0. The first-order valence-electron chi connectivity index (χ1n) is 9.05. The van der Waals surface area contributed by atoms with Gasteiger partial charge in [-0.25, -0.2) is 4.99 Å². The Labute approximate surface area is 170 Å². The molecule has 1 aromatic carbocycles. The second-order valence-electron chi connectivity index (χ2n) is 6.80. The van der Waals surface area contributed by atoms with Gasteiger partial charge in [-0.1, -0.05) is 30.3 Å². The number of halogens is 1. The molecule has 5 nitrogen and oxygen atoms in total. The lowest BCUT2D eigenvalue weighted by Crippen LogP contribution is -2.38. The van der Waals surface area contributed by atoms with Gasteiger partial charge >= 0.3 is 0 Å². The largest absolute Gasteiger partial charge is 0.356 e. The number of aliphatic imine (C=N–C) groups is 1. The Morgan fingerprint density at radius 1 is 1.12 bits per heavy atom. The Balaban J connectivity index is 0.00000312. The number of likely N-dealkylation sites (N-methyl/N-ethyl adjacent to an activating group) is 1. The number of guanidine groups is 1. The van der Waals surface area contributed by atoms with Crippen LogP contribution in [0.5, 0.6) is 0 Å². The van der Waals surface area contributed by atoms with Crippen molar-refractivity contribution in [2.24, 2.45) is 4.99 Å². The van der Waals surface area contributed by atoms with Crippen LogP contribution in [0.4, 0.5) is 0 Å². The first-order valence-corrected chi connectivity index (χ1v) is 9.05. The highest BCUT2D eigenvalue weighted by atomic mass is 127. The molecule has 1 aliphatic rings. The molecule has 0 aliphatic carbocycles. The van der Waals surface area contributed by atoms with Crippen LogP contribution in [-0.4, -0.2) is 81.1 Å². The lowest BCUT2D eigenvalue weighted by molar-refractivity contribution is 0.273. The lowest BCUT2D eigenvalue weighted by Gasteiger charge is -2.21. The van der Waals surface area contributed by atoms with Gasteiger partial charge in [-0.3, -0.25) is 0 Å². The van der Waals surface area contributed by atoms with Gasteiger partial charge in [0.1, 0.15) is 0 Å². The lowest BCUT2D eigenvalue weighted by atomic mass is 10.2. The summed E-state index contributed by atoms with van der Waals surface area (Å²) in [4.78, 5) is 11.8. The fourth-order valence-corrected chi connectivity index (χ4v) is 2.93. The maximum Gasteiger partial charge on any atom is 0.193 e. The van der Waals surface area contributed by atoms with E-state index in [9.17, 15) is 0 Å².